The lowest BCUT2D eigenvalue weighted by molar-refractivity contribution is -0.140. The van der Waals surface area contributed by atoms with E-state index in [9.17, 15) is 14.0 Å². The van der Waals surface area contributed by atoms with Gasteiger partial charge in [-0.1, -0.05) is 43.3 Å². The fraction of sp³-hybridized carbons (Fsp3) is 0.417. The van der Waals surface area contributed by atoms with Gasteiger partial charge in [-0.2, -0.15) is 0 Å². The zero-order valence-corrected chi connectivity index (χ0v) is 18.0. The topological polar surface area (TPSA) is 49.4 Å². The molecule has 0 aliphatic rings. The molecule has 4 nitrogen and oxygen atoms in total. The lowest BCUT2D eigenvalue weighted by Crippen LogP contribution is -2.50. The molecule has 0 bridgehead atoms. The van der Waals surface area contributed by atoms with Crippen molar-refractivity contribution in [3.05, 3.63) is 70.5 Å². The van der Waals surface area contributed by atoms with E-state index in [-0.39, 0.29) is 36.6 Å². The van der Waals surface area contributed by atoms with Gasteiger partial charge < -0.3 is 10.2 Å². The second kappa shape index (κ2) is 10.2. The lowest BCUT2D eigenvalue weighted by atomic mass is 10.0. The molecule has 5 heteroatoms. The summed E-state index contributed by atoms with van der Waals surface area (Å²) in [4.78, 5) is 27.3. The summed E-state index contributed by atoms with van der Waals surface area (Å²) in [5, 5.41) is 2.92. The van der Waals surface area contributed by atoms with Gasteiger partial charge in [0.25, 0.3) is 0 Å². The molecule has 2 amide bonds. The minimum absolute atomic E-state index is 0.00936. The third kappa shape index (κ3) is 6.14. The van der Waals surface area contributed by atoms with Crippen LogP contribution in [-0.4, -0.2) is 28.8 Å². The molecule has 2 atom stereocenters. The number of nitrogens with one attached hydrogen (secondary N) is 1. The summed E-state index contributed by atoms with van der Waals surface area (Å²) in [5.74, 6) is -0.821. The van der Waals surface area contributed by atoms with E-state index < -0.39 is 6.04 Å². The Morgan fingerprint density at radius 2 is 1.76 bits per heavy atom. The van der Waals surface area contributed by atoms with Crippen molar-refractivity contribution in [1.82, 2.24) is 10.2 Å². The van der Waals surface area contributed by atoms with Crippen molar-refractivity contribution in [3.8, 4) is 0 Å². The molecule has 0 aliphatic heterocycles. The fourth-order valence-corrected chi connectivity index (χ4v) is 3.05. The molecule has 2 rings (SSSR count). The van der Waals surface area contributed by atoms with Crippen LogP contribution in [0.25, 0.3) is 0 Å². The highest BCUT2D eigenvalue weighted by Gasteiger charge is 2.27. The van der Waals surface area contributed by atoms with Crippen molar-refractivity contribution in [2.24, 2.45) is 0 Å². The second-order valence-corrected chi connectivity index (χ2v) is 7.70. The molecule has 0 spiro atoms. The molecular formula is C24H31FN2O2. The zero-order chi connectivity index (χ0) is 21.6. The van der Waals surface area contributed by atoms with E-state index in [4.69, 9.17) is 0 Å². The molecule has 0 aliphatic carbocycles. The summed E-state index contributed by atoms with van der Waals surface area (Å²) in [5.41, 5.74) is 3.54. The Hall–Kier alpha value is -2.69. The molecular weight excluding hydrogens is 367 g/mol. The van der Waals surface area contributed by atoms with Crippen molar-refractivity contribution >= 4 is 11.8 Å². The van der Waals surface area contributed by atoms with Gasteiger partial charge in [-0.25, -0.2) is 4.39 Å². The molecule has 156 valence electrons. The molecule has 2 aromatic carbocycles. The highest BCUT2D eigenvalue weighted by atomic mass is 19.1. The molecule has 29 heavy (non-hydrogen) atoms. The van der Waals surface area contributed by atoms with Crippen LogP contribution in [-0.2, 0) is 22.6 Å². The molecule has 1 N–H and O–H groups in total. The highest BCUT2D eigenvalue weighted by molar-refractivity contribution is 5.88. The van der Waals surface area contributed by atoms with Gasteiger partial charge in [-0.05, 0) is 56.9 Å². The van der Waals surface area contributed by atoms with Crippen molar-refractivity contribution in [1.29, 1.82) is 0 Å². The molecule has 0 heterocycles. The van der Waals surface area contributed by atoms with Crippen LogP contribution in [0.4, 0.5) is 4.39 Å². The second-order valence-electron chi connectivity index (χ2n) is 7.70. The smallest absolute Gasteiger partial charge is 0.242 e. The van der Waals surface area contributed by atoms with Gasteiger partial charge >= 0.3 is 0 Å². The van der Waals surface area contributed by atoms with Gasteiger partial charge in [0.15, 0.2) is 0 Å². The summed E-state index contributed by atoms with van der Waals surface area (Å²) in [6.45, 7) is 9.66. The maximum absolute atomic E-state index is 14.2. The number of nitrogens with zero attached hydrogens (tertiary/aromatic N) is 1. The number of aryl methyl sites for hydroxylation is 2. The van der Waals surface area contributed by atoms with Crippen molar-refractivity contribution < 1.29 is 14.0 Å². The third-order valence-electron chi connectivity index (χ3n) is 5.39. The van der Waals surface area contributed by atoms with E-state index in [0.717, 1.165) is 23.1 Å². The predicted octanol–water partition coefficient (Wildman–Crippen LogP) is 4.32. The number of benzene rings is 2. The Morgan fingerprint density at radius 1 is 1.07 bits per heavy atom. The number of carbonyl (C=O) groups is 2. The Labute approximate surface area is 173 Å². The average Bonchev–Trinajstić information content (AvgIpc) is 2.69. The van der Waals surface area contributed by atoms with Crippen LogP contribution in [0, 0.1) is 19.7 Å². The Kier molecular flexibility index (Phi) is 7.94. The number of hydrogen-bond acceptors (Lipinski definition) is 2. The van der Waals surface area contributed by atoms with Gasteiger partial charge in [-0.3, -0.25) is 9.59 Å². The normalized spacial score (nSPS) is 12.9. The third-order valence-corrected chi connectivity index (χ3v) is 5.39. The SMILES string of the molecule is CC[C@H](C)NC(=O)[C@@H](C)N(Cc1ccccc1F)C(=O)Cc1ccc(C)c(C)c1. The molecule has 0 aromatic heterocycles. The minimum Gasteiger partial charge on any atom is -0.352 e. The number of amides is 2. The van der Waals surface area contributed by atoms with E-state index in [1.165, 1.54) is 11.0 Å². The van der Waals surface area contributed by atoms with E-state index >= 15 is 0 Å². The van der Waals surface area contributed by atoms with Gasteiger partial charge in [0.05, 0.1) is 6.42 Å². The summed E-state index contributed by atoms with van der Waals surface area (Å²) < 4.78 is 14.2. The molecule has 0 saturated heterocycles. The lowest BCUT2D eigenvalue weighted by Gasteiger charge is -2.30. The fourth-order valence-electron chi connectivity index (χ4n) is 3.05. The van der Waals surface area contributed by atoms with Crippen molar-refractivity contribution in [3.63, 3.8) is 0 Å². The molecule has 0 saturated carbocycles. The molecule has 0 fully saturated rings. The average molecular weight is 399 g/mol. The standard InChI is InChI=1S/C24H31FN2O2/c1-6-18(4)26-24(29)19(5)27(15-21-9-7-8-10-22(21)25)23(28)14-20-12-11-16(2)17(3)13-20/h7-13,18-19H,6,14-15H2,1-5H3,(H,26,29)/t18-,19+/m0/s1. The Bertz CT molecular complexity index is 866. The quantitative estimate of drug-likeness (QED) is 0.720. The van der Waals surface area contributed by atoms with Gasteiger partial charge in [-0.15, -0.1) is 0 Å². The maximum Gasteiger partial charge on any atom is 0.242 e. The molecule has 0 radical (unpaired) electrons. The van der Waals surface area contributed by atoms with Crippen LogP contribution in [0.15, 0.2) is 42.5 Å². The summed E-state index contributed by atoms with van der Waals surface area (Å²) in [7, 11) is 0. The van der Waals surface area contributed by atoms with Crippen LogP contribution in [0.1, 0.15) is 49.4 Å². The first kappa shape index (κ1) is 22.6. The number of halogens is 1. The van der Waals surface area contributed by atoms with E-state index in [2.05, 4.69) is 5.32 Å². The molecule has 0 unspecified atom stereocenters. The van der Waals surface area contributed by atoms with E-state index in [0.29, 0.717) is 5.56 Å². The predicted molar refractivity (Wildman–Crippen MR) is 114 cm³/mol. The van der Waals surface area contributed by atoms with Gasteiger partial charge in [0.1, 0.15) is 11.9 Å². The number of carbonyl (C=O) groups excluding carboxylic acids is 2. The zero-order valence-electron chi connectivity index (χ0n) is 18.0. The number of hydrogen-bond donors (Lipinski definition) is 1. The monoisotopic (exact) mass is 398 g/mol. The Morgan fingerprint density at radius 3 is 2.38 bits per heavy atom. The van der Waals surface area contributed by atoms with Crippen molar-refractivity contribution in [2.75, 3.05) is 0 Å². The first-order chi connectivity index (χ1) is 13.7. The van der Waals surface area contributed by atoms with Crippen LogP contribution >= 0.6 is 0 Å². The minimum atomic E-state index is -0.706. The summed E-state index contributed by atoms with van der Waals surface area (Å²) in [6.07, 6.45) is 0.957. The van der Waals surface area contributed by atoms with Crippen LogP contribution in [0.3, 0.4) is 0 Å². The highest BCUT2D eigenvalue weighted by Crippen LogP contribution is 2.16. The summed E-state index contributed by atoms with van der Waals surface area (Å²) in [6, 6.07) is 11.5. The summed E-state index contributed by atoms with van der Waals surface area (Å²) >= 11 is 0. The first-order valence-corrected chi connectivity index (χ1v) is 10.1. The number of rotatable bonds is 8. The van der Waals surface area contributed by atoms with Crippen molar-refractivity contribution in [2.45, 2.75) is 66.1 Å². The van der Waals surface area contributed by atoms with Crippen LogP contribution in [0.5, 0.6) is 0 Å². The van der Waals surface area contributed by atoms with Gasteiger partial charge in [0, 0.05) is 18.2 Å². The molecule has 2 aromatic rings. The van der Waals surface area contributed by atoms with Crippen LogP contribution < -0.4 is 5.32 Å². The maximum atomic E-state index is 14.2. The van der Waals surface area contributed by atoms with E-state index in [1.807, 2.05) is 45.9 Å². The van der Waals surface area contributed by atoms with Crippen LogP contribution in [0.2, 0.25) is 0 Å². The van der Waals surface area contributed by atoms with E-state index in [1.54, 1.807) is 25.1 Å². The first-order valence-electron chi connectivity index (χ1n) is 10.1. The van der Waals surface area contributed by atoms with Gasteiger partial charge in [0.2, 0.25) is 11.8 Å². The largest absolute Gasteiger partial charge is 0.352 e. The Balaban J connectivity index is 2.27.